The second-order valence-corrected chi connectivity index (χ2v) is 4.81. The first kappa shape index (κ1) is 18.1. The van der Waals surface area contributed by atoms with Crippen LogP contribution in [0.5, 0.6) is 0 Å². The maximum Gasteiger partial charge on any atom is 0.320 e. The van der Waals surface area contributed by atoms with Gasteiger partial charge >= 0.3 is 5.97 Å². The first-order chi connectivity index (χ1) is 9.08. The van der Waals surface area contributed by atoms with Crippen LogP contribution in [-0.2, 0) is 9.53 Å². The van der Waals surface area contributed by atoms with Crippen LogP contribution < -0.4 is 0 Å². The molecule has 0 aliphatic heterocycles. The number of likely N-dealkylation sites (N-methyl/N-ethyl adjacent to an activating group) is 1. The van der Waals surface area contributed by atoms with Crippen molar-refractivity contribution in [3.63, 3.8) is 0 Å². The van der Waals surface area contributed by atoms with Crippen LogP contribution in [0.3, 0.4) is 0 Å². The van der Waals surface area contributed by atoms with Crippen LogP contribution in [0.25, 0.3) is 0 Å². The minimum Gasteiger partial charge on any atom is -0.464 e. The quantitative estimate of drug-likeness (QED) is 0.356. The summed E-state index contributed by atoms with van der Waals surface area (Å²) in [5, 5.41) is 9.61. The molecule has 0 aliphatic carbocycles. The number of aliphatic hydroxyl groups is 1. The molecule has 0 amide bonds. The van der Waals surface area contributed by atoms with E-state index in [2.05, 4.69) is 20.4 Å². The lowest BCUT2D eigenvalue weighted by Gasteiger charge is -2.23. The summed E-state index contributed by atoms with van der Waals surface area (Å²) in [6.07, 6.45) is 5.09. The van der Waals surface area contributed by atoms with Crippen LogP contribution >= 0.6 is 0 Å². The summed E-state index contributed by atoms with van der Waals surface area (Å²) in [7, 11) is 0. The number of hydrogen-bond acceptors (Lipinski definition) is 4. The zero-order valence-electron chi connectivity index (χ0n) is 12.6. The molecule has 0 spiro atoms. The molecule has 112 valence electrons. The lowest BCUT2D eigenvalue weighted by Crippen LogP contribution is -2.38. The predicted octanol–water partition coefficient (Wildman–Crippen LogP) is 2.57. The molecule has 4 nitrogen and oxygen atoms in total. The summed E-state index contributed by atoms with van der Waals surface area (Å²) in [6, 6.07) is 0. The number of aliphatic hydroxyl groups excluding tert-OH is 1. The Labute approximate surface area is 117 Å². The van der Waals surface area contributed by atoms with E-state index in [0.717, 1.165) is 12.8 Å². The van der Waals surface area contributed by atoms with E-state index in [1.165, 1.54) is 18.9 Å². The van der Waals surface area contributed by atoms with E-state index in [1.54, 1.807) is 4.90 Å². The summed E-state index contributed by atoms with van der Waals surface area (Å²) < 4.78 is 5.29. The minimum absolute atomic E-state index is 0.105. The number of carbonyl (C=O) groups excluding carboxylic acids is 1. The van der Waals surface area contributed by atoms with E-state index in [0.29, 0.717) is 19.1 Å². The number of hydrogen-bond donors (Lipinski definition) is 1. The first-order valence-corrected chi connectivity index (χ1v) is 7.29. The fourth-order valence-corrected chi connectivity index (χ4v) is 1.86. The van der Waals surface area contributed by atoms with E-state index in [1.807, 2.05) is 6.92 Å². The molecule has 0 aromatic carbocycles. The molecule has 2 unspecified atom stereocenters. The molecule has 0 fully saturated rings. The molecule has 0 bridgehead atoms. The van der Waals surface area contributed by atoms with Crippen LogP contribution in [0.1, 0.15) is 46.5 Å². The largest absolute Gasteiger partial charge is 0.464 e. The third-order valence-corrected chi connectivity index (χ3v) is 3.35. The summed E-state index contributed by atoms with van der Waals surface area (Å²) in [6.45, 7) is 10.8. The highest BCUT2D eigenvalue weighted by Gasteiger charge is 2.16. The van der Waals surface area contributed by atoms with Gasteiger partial charge in [-0.1, -0.05) is 46.6 Å². The normalized spacial score (nSPS) is 14.2. The van der Waals surface area contributed by atoms with Crippen molar-refractivity contribution in [1.29, 1.82) is 0 Å². The van der Waals surface area contributed by atoms with Gasteiger partial charge in [-0.2, -0.15) is 0 Å². The van der Waals surface area contributed by atoms with Crippen molar-refractivity contribution < 1.29 is 14.6 Å². The molecule has 0 saturated heterocycles. The van der Waals surface area contributed by atoms with Gasteiger partial charge in [-0.3, -0.25) is 9.69 Å². The van der Waals surface area contributed by atoms with Gasteiger partial charge in [0, 0.05) is 0 Å². The Hall–Kier alpha value is -0.870. The number of nitrogens with zero attached hydrogens (tertiary/aromatic N) is 1. The lowest BCUT2D eigenvalue weighted by atomic mass is 10.0. The molecule has 0 aliphatic rings. The van der Waals surface area contributed by atoms with Gasteiger partial charge < -0.3 is 9.84 Å². The zero-order chi connectivity index (χ0) is 14.7. The van der Waals surface area contributed by atoms with Crippen molar-refractivity contribution in [1.82, 2.24) is 4.90 Å². The Balaban J connectivity index is 4.04. The van der Waals surface area contributed by atoms with Crippen LogP contribution in [0.15, 0.2) is 12.7 Å². The van der Waals surface area contributed by atoms with Gasteiger partial charge in [0.25, 0.3) is 0 Å². The molecule has 0 saturated carbocycles. The molecule has 2 atom stereocenters. The third-order valence-electron chi connectivity index (χ3n) is 3.35. The summed E-state index contributed by atoms with van der Waals surface area (Å²) in [5.74, 6) is 0.168. The average Bonchev–Trinajstić information content (AvgIpc) is 2.44. The molecule has 0 heterocycles. The maximum atomic E-state index is 11.7. The highest BCUT2D eigenvalue weighted by molar-refractivity contribution is 5.71. The molecule has 0 aromatic heterocycles. The first-order valence-electron chi connectivity index (χ1n) is 7.29. The van der Waals surface area contributed by atoms with Crippen molar-refractivity contribution in [2.45, 2.75) is 52.7 Å². The van der Waals surface area contributed by atoms with E-state index in [9.17, 15) is 9.90 Å². The fourth-order valence-electron chi connectivity index (χ4n) is 1.86. The average molecular weight is 271 g/mol. The molecule has 0 radical (unpaired) electrons. The van der Waals surface area contributed by atoms with Crippen LogP contribution in [0, 0.1) is 5.92 Å². The number of rotatable bonds is 11. The predicted molar refractivity (Wildman–Crippen MR) is 77.7 cm³/mol. The van der Waals surface area contributed by atoms with Gasteiger partial charge in [0.1, 0.15) is 6.23 Å². The molecule has 4 heteroatoms. The number of unbranched alkanes of at least 4 members (excludes halogenated alkanes) is 1. The van der Waals surface area contributed by atoms with E-state index >= 15 is 0 Å². The van der Waals surface area contributed by atoms with Gasteiger partial charge in [-0.15, -0.1) is 0 Å². The molecule has 0 aromatic rings. The Morgan fingerprint density at radius 1 is 1.42 bits per heavy atom. The molecule has 0 rings (SSSR count). The van der Waals surface area contributed by atoms with Crippen molar-refractivity contribution in [3.05, 3.63) is 12.7 Å². The smallest absolute Gasteiger partial charge is 0.320 e. The summed E-state index contributed by atoms with van der Waals surface area (Å²) in [5.41, 5.74) is 0. The van der Waals surface area contributed by atoms with Crippen molar-refractivity contribution in [2.24, 2.45) is 5.92 Å². The maximum absolute atomic E-state index is 11.7. The summed E-state index contributed by atoms with van der Waals surface area (Å²) in [4.78, 5) is 13.3. The number of esters is 1. The highest BCUT2D eigenvalue weighted by Crippen LogP contribution is 2.13. The van der Waals surface area contributed by atoms with Crippen LogP contribution in [0.4, 0.5) is 0 Å². The molecule has 19 heavy (non-hydrogen) atoms. The molecular weight excluding hydrogens is 242 g/mol. The van der Waals surface area contributed by atoms with Crippen LogP contribution in [0.2, 0.25) is 0 Å². The van der Waals surface area contributed by atoms with Gasteiger partial charge in [0.05, 0.1) is 13.2 Å². The highest BCUT2D eigenvalue weighted by atomic mass is 16.5. The third kappa shape index (κ3) is 8.01. The minimum atomic E-state index is -0.792. The Morgan fingerprint density at radius 2 is 2.11 bits per heavy atom. The Morgan fingerprint density at radius 3 is 2.58 bits per heavy atom. The standard InChI is InChI=1S/C15H29NO3/c1-5-9-10-13(6-2)12-19-15(18)11-16(8-4)14(17)7-3/h7,13-14,17H,3,5-6,8-12H2,1-2,4H3. The van der Waals surface area contributed by atoms with Crippen molar-refractivity contribution >= 4 is 5.97 Å². The number of ether oxygens (including phenoxy) is 1. The van der Waals surface area contributed by atoms with Gasteiger partial charge in [0.15, 0.2) is 0 Å². The van der Waals surface area contributed by atoms with Crippen molar-refractivity contribution in [2.75, 3.05) is 19.7 Å². The molecular formula is C15H29NO3. The van der Waals surface area contributed by atoms with Gasteiger partial charge in [-0.05, 0) is 25.0 Å². The fraction of sp³-hybridized carbons (Fsp3) is 0.800. The topological polar surface area (TPSA) is 49.8 Å². The Bertz CT molecular complexity index is 256. The number of carbonyl (C=O) groups is 1. The molecule has 1 N–H and O–H groups in total. The SMILES string of the molecule is C=CC(O)N(CC)CC(=O)OCC(CC)CCCC. The second kappa shape index (κ2) is 11.0. The van der Waals surface area contributed by atoms with Crippen molar-refractivity contribution in [3.8, 4) is 0 Å². The van der Waals surface area contributed by atoms with Crippen LogP contribution in [-0.4, -0.2) is 41.9 Å². The second-order valence-electron chi connectivity index (χ2n) is 4.81. The summed E-state index contributed by atoms with van der Waals surface area (Å²) >= 11 is 0. The van der Waals surface area contributed by atoms with E-state index in [-0.39, 0.29) is 12.5 Å². The van der Waals surface area contributed by atoms with Gasteiger partial charge in [-0.25, -0.2) is 0 Å². The lowest BCUT2D eigenvalue weighted by molar-refractivity contribution is -0.148. The van der Waals surface area contributed by atoms with E-state index < -0.39 is 6.23 Å². The van der Waals surface area contributed by atoms with E-state index in [4.69, 9.17) is 4.74 Å². The van der Waals surface area contributed by atoms with Gasteiger partial charge in [0.2, 0.25) is 0 Å². The zero-order valence-corrected chi connectivity index (χ0v) is 12.6. The Kier molecular flexibility index (Phi) is 10.5. The monoisotopic (exact) mass is 271 g/mol.